The molecule has 1 aliphatic carbocycles. The van der Waals surface area contributed by atoms with Crippen molar-refractivity contribution in [3.63, 3.8) is 0 Å². The number of halogens is 9. The van der Waals surface area contributed by atoms with Crippen LogP contribution in [0.5, 0.6) is 0 Å². The van der Waals surface area contributed by atoms with Crippen molar-refractivity contribution in [2.75, 3.05) is 16.0 Å². The van der Waals surface area contributed by atoms with E-state index in [1.165, 1.54) is 18.2 Å². The normalized spacial score (nSPS) is 17.5. The van der Waals surface area contributed by atoms with Gasteiger partial charge in [0.2, 0.25) is 11.8 Å². The molecule has 0 aromatic heterocycles. The van der Waals surface area contributed by atoms with Gasteiger partial charge in [0.15, 0.2) is 0 Å². The van der Waals surface area contributed by atoms with Gasteiger partial charge >= 0.3 is 6.18 Å². The molecule has 1 fully saturated rings. The Bertz CT molecular complexity index is 1580. The summed E-state index contributed by atoms with van der Waals surface area (Å²) >= 11 is 24.7. The molecule has 1 saturated carbocycles. The predicted molar refractivity (Wildman–Crippen MR) is 146 cm³/mol. The summed E-state index contributed by atoms with van der Waals surface area (Å²) in [5, 5.41) is 6.81. The standard InChI is InChI=1S/C26H16Cl4F5N3O3/c1-10(39)36-22-17(32)6-7-18(21(22)28)38-23(40)13-9-12(3-4-15(13)27)37-24(41)20-19(25(20,29)30)11-2-5-16(31)14(8-11)26(33,34)35/h2-9,19-20H,1H3,(H,36,39)(H,37,41)(H,38,40)/t19-,20?/m0/s1. The molecule has 6 nitrogen and oxygen atoms in total. The van der Waals surface area contributed by atoms with Gasteiger partial charge in [0.05, 0.1) is 38.5 Å². The first-order valence-electron chi connectivity index (χ1n) is 11.4. The summed E-state index contributed by atoms with van der Waals surface area (Å²) < 4.78 is 65.5. The average Bonchev–Trinajstić information content (AvgIpc) is 3.45. The summed E-state index contributed by atoms with van der Waals surface area (Å²) in [4.78, 5) is 37.3. The molecule has 0 bridgehead atoms. The van der Waals surface area contributed by atoms with E-state index in [2.05, 4.69) is 16.0 Å². The van der Waals surface area contributed by atoms with E-state index in [-0.39, 0.29) is 38.2 Å². The molecule has 0 aliphatic heterocycles. The monoisotopic (exact) mass is 653 g/mol. The first kappa shape index (κ1) is 30.8. The molecule has 216 valence electrons. The van der Waals surface area contributed by atoms with Gasteiger partial charge in [-0.1, -0.05) is 29.3 Å². The van der Waals surface area contributed by atoms with Crippen LogP contribution in [0.3, 0.4) is 0 Å². The number of alkyl halides is 5. The van der Waals surface area contributed by atoms with E-state index >= 15 is 0 Å². The molecular weight excluding hydrogens is 639 g/mol. The highest BCUT2D eigenvalue weighted by Gasteiger charge is 2.67. The van der Waals surface area contributed by atoms with E-state index in [1.54, 1.807) is 0 Å². The van der Waals surface area contributed by atoms with Gasteiger partial charge in [-0.3, -0.25) is 14.4 Å². The second-order valence-electron chi connectivity index (χ2n) is 8.97. The van der Waals surface area contributed by atoms with Gasteiger partial charge in [-0.2, -0.15) is 13.2 Å². The Balaban J connectivity index is 1.53. The topological polar surface area (TPSA) is 87.3 Å². The Hall–Kier alpha value is -3.12. The number of nitrogens with one attached hydrogen (secondary N) is 3. The molecule has 3 amide bonds. The molecule has 4 rings (SSSR count). The second-order valence-corrected chi connectivity index (χ2v) is 11.2. The van der Waals surface area contributed by atoms with Crippen LogP contribution in [-0.2, 0) is 15.8 Å². The number of rotatable bonds is 6. The summed E-state index contributed by atoms with van der Waals surface area (Å²) in [7, 11) is 0. The molecule has 0 heterocycles. The molecule has 2 atom stereocenters. The minimum atomic E-state index is -4.97. The molecule has 3 aromatic carbocycles. The van der Waals surface area contributed by atoms with Crippen LogP contribution in [0.2, 0.25) is 10.0 Å². The summed E-state index contributed by atoms with van der Waals surface area (Å²) in [6, 6.07) is 8.19. The van der Waals surface area contributed by atoms with Crippen molar-refractivity contribution >= 4 is 81.2 Å². The van der Waals surface area contributed by atoms with Crippen molar-refractivity contribution in [3.8, 4) is 0 Å². The van der Waals surface area contributed by atoms with Crippen LogP contribution < -0.4 is 16.0 Å². The van der Waals surface area contributed by atoms with Crippen LogP contribution in [-0.4, -0.2) is 22.1 Å². The molecule has 41 heavy (non-hydrogen) atoms. The lowest BCUT2D eigenvalue weighted by Gasteiger charge is -2.14. The SMILES string of the molecule is CC(=O)Nc1c(F)ccc(NC(=O)c2cc(NC(=O)C3[C@H](c4ccc(F)c(C(F)(F)F)c4)C3(Cl)Cl)ccc2Cl)c1Cl. The Morgan fingerprint density at radius 2 is 1.54 bits per heavy atom. The Labute approximate surface area is 249 Å². The minimum Gasteiger partial charge on any atom is -0.326 e. The van der Waals surface area contributed by atoms with Gasteiger partial charge in [0.1, 0.15) is 16.0 Å². The summed E-state index contributed by atoms with van der Waals surface area (Å²) in [5.74, 6) is -6.82. The Morgan fingerprint density at radius 3 is 2.17 bits per heavy atom. The van der Waals surface area contributed by atoms with Gasteiger partial charge in [-0.25, -0.2) is 8.78 Å². The largest absolute Gasteiger partial charge is 0.419 e. The third kappa shape index (κ3) is 6.38. The van der Waals surface area contributed by atoms with Crippen LogP contribution >= 0.6 is 46.4 Å². The smallest absolute Gasteiger partial charge is 0.326 e. The lowest BCUT2D eigenvalue weighted by molar-refractivity contribution is -0.140. The second kappa shape index (κ2) is 11.3. The van der Waals surface area contributed by atoms with Crippen molar-refractivity contribution in [2.45, 2.75) is 23.4 Å². The van der Waals surface area contributed by atoms with Gasteiger partial charge in [0.25, 0.3) is 5.91 Å². The molecule has 15 heteroatoms. The minimum absolute atomic E-state index is 0.0415. The first-order chi connectivity index (χ1) is 19.0. The molecule has 1 aliphatic rings. The van der Waals surface area contributed by atoms with E-state index in [4.69, 9.17) is 46.4 Å². The van der Waals surface area contributed by atoms with Crippen LogP contribution in [0.1, 0.15) is 34.3 Å². The number of amides is 3. The van der Waals surface area contributed by atoms with Crippen LogP contribution in [0.25, 0.3) is 0 Å². The number of hydrogen-bond acceptors (Lipinski definition) is 3. The number of benzene rings is 3. The van der Waals surface area contributed by atoms with Crippen molar-refractivity contribution in [1.29, 1.82) is 0 Å². The highest BCUT2D eigenvalue weighted by atomic mass is 35.5. The highest BCUT2D eigenvalue weighted by molar-refractivity contribution is 6.53. The van der Waals surface area contributed by atoms with Crippen molar-refractivity contribution in [3.05, 3.63) is 86.9 Å². The number of anilines is 3. The fourth-order valence-electron chi connectivity index (χ4n) is 4.15. The van der Waals surface area contributed by atoms with E-state index in [0.717, 1.165) is 25.1 Å². The highest BCUT2D eigenvalue weighted by Crippen LogP contribution is 2.65. The molecule has 3 N–H and O–H groups in total. The zero-order chi connectivity index (χ0) is 30.4. The molecule has 3 aromatic rings. The van der Waals surface area contributed by atoms with Crippen LogP contribution in [0, 0.1) is 17.6 Å². The maximum absolute atomic E-state index is 14.1. The third-order valence-electron chi connectivity index (χ3n) is 6.11. The molecule has 0 radical (unpaired) electrons. The van der Waals surface area contributed by atoms with Gasteiger partial charge in [-0.05, 0) is 48.0 Å². The Kier molecular flexibility index (Phi) is 8.48. The number of carbonyl (C=O) groups is 3. The van der Waals surface area contributed by atoms with Gasteiger partial charge in [0, 0.05) is 18.5 Å². The summed E-state index contributed by atoms with van der Waals surface area (Å²) in [6.45, 7) is 1.14. The summed E-state index contributed by atoms with van der Waals surface area (Å²) in [5.41, 5.74) is -2.11. The maximum atomic E-state index is 14.1. The van der Waals surface area contributed by atoms with E-state index in [1.807, 2.05) is 0 Å². The molecule has 0 spiro atoms. The lowest BCUT2D eigenvalue weighted by atomic mass is 10.0. The molecule has 1 unspecified atom stereocenters. The van der Waals surface area contributed by atoms with Gasteiger partial charge in [-0.15, -0.1) is 23.2 Å². The average molecular weight is 655 g/mol. The van der Waals surface area contributed by atoms with E-state index < -0.39 is 57.3 Å². The van der Waals surface area contributed by atoms with E-state index in [0.29, 0.717) is 12.1 Å². The fourth-order valence-corrected chi connectivity index (χ4v) is 5.43. The van der Waals surface area contributed by atoms with Crippen molar-refractivity contribution in [1.82, 2.24) is 0 Å². The van der Waals surface area contributed by atoms with Crippen molar-refractivity contribution in [2.24, 2.45) is 5.92 Å². The fraction of sp³-hybridized carbons (Fsp3) is 0.192. The lowest BCUT2D eigenvalue weighted by Crippen LogP contribution is -2.18. The number of hydrogen-bond donors (Lipinski definition) is 3. The number of carbonyl (C=O) groups excluding carboxylic acids is 3. The van der Waals surface area contributed by atoms with Gasteiger partial charge < -0.3 is 16.0 Å². The van der Waals surface area contributed by atoms with Crippen LogP contribution in [0.4, 0.5) is 39.0 Å². The maximum Gasteiger partial charge on any atom is 0.419 e. The Morgan fingerprint density at radius 1 is 0.878 bits per heavy atom. The predicted octanol–water partition coefficient (Wildman–Crippen LogP) is 8.03. The molecule has 0 saturated heterocycles. The first-order valence-corrected chi connectivity index (χ1v) is 12.9. The zero-order valence-electron chi connectivity index (χ0n) is 20.4. The van der Waals surface area contributed by atoms with E-state index in [9.17, 15) is 36.3 Å². The third-order valence-corrected chi connectivity index (χ3v) is 7.77. The quantitative estimate of drug-likeness (QED) is 0.186. The van der Waals surface area contributed by atoms with Crippen LogP contribution in [0.15, 0.2) is 48.5 Å². The van der Waals surface area contributed by atoms with Crippen molar-refractivity contribution < 1.29 is 36.3 Å². The molecular formula is C26H16Cl4F5N3O3. The summed E-state index contributed by atoms with van der Waals surface area (Å²) in [6.07, 6.45) is -4.97. The zero-order valence-corrected chi connectivity index (χ0v) is 23.4.